The highest BCUT2D eigenvalue weighted by Crippen LogP contribution is 2.31. The Morgan fingerprint density at radius 2 is 1.72 bits per heavy atom. The quantitative estimate of drug-likeness (QED) is 0.384. The second kappa shape index (κ2) is 9.39. The maximum atomic E-state index is 13.3. The summed E-state index contributed by atoms with van der Waals surface area (Å²) >= 11 is 0. The zero-order valence-corrected chi connectivity index (χ0v) is 18.2. The van der Waals surface area contributed by atoms with E-state index in [2.05, 4.69) is 30.5 Å². The molecule has 0 aliphatic carbocycles. The average molecular weight is 511 g/mol. The molecule has 1 atom stereocenters. The van der Waals surface area contributed by atoms with Crippen molar-refractivity contribution in [2.75, 3.05) is 0 Å². The molecule has 0 saturated heterocycles. The van der Waals surface area contributed by atoms with Crippen LogP contribution in [0.5, 0.6) is 0 Å². The van der Waals surface area contributed by atoms with Crippen molar-refractivity contribution in [1.29, 1.82) is 0 Å². The minimum Gasteiger partial charge on any atom is -0.339 e. The number of rotatable bonds is 6. The molecular formula is C21H15F6N7O2. The van der Waals surface area contributed by atoms with Gasteiger partial charge in [-0.3, -0.25) is 19.4 Å². The van der Waals surface area contributed by atoms with E-state index in [0.717, 1.165) is 16.9 Å². The Labute approximate surface area is 198 Å². The zero-order chi connectivity index (χ0) is 26.1. The summed E-state index contributed by atoms with van der Waals surface area (Å²) in [5.74, 6) is -1.29. The van der Waals surface area contributed by atoms with Gasteiger partial charge in [0.2, 0.25) is 11.7 Å². The summed E-state index contributed by atoms with van der Waals surface area (Å²) in [6.07, 6.45) is -5.65. The molecule has 0 spiro atoms. The third-order valence-electron chi connectivity index (χ3n) is 4.85. The third kappa shape index (κ3) is 5.50. The molecule has 0 radical (unpaired) electrons. The standard InChI is InChI=1S/C21H15F6N7O2/c1-11(19-31-17(33-36-19)13-4-7-29-15(8-13)20(22,23)24)30-18(35)14-9-16(21(25,26)27)32-34(14)10-12-2-5-28-6-3-12/h2-9,11H,10H2,1H3,(H,30,35)/t11-/m0/s1. The van der Waals surface area contributed by atoms with Gasteiger partial charge in [0.15, 0.2) is 5.69 Å². The van der Waals surface area contributed by atoms with Crippen LogP contribution in [0.4, 0.5) is 26.3 Å². The molecule has 0 aliphatic rings. The minimum atomic E-state index is -4.79. The summed E-state index contributed by atoms with van der Waals surface area (Å²) < 4.78 is 84.4. The highest BCUT2D eigenvalue weighted by Gasteiger charge is 2.36. The predicted molar refractivity (Wildman–Crippen MR) is 109 cm³/mol. The number of amides is 1. The number of pyridine rings is 2. The van der Waals surface area contributed by atoms with Gasteiger partial charge >= 0.3 is 12.4 Å². The maximum Gasteiger partial charge on any atom is 0.435 e. The lowest BCUT2D eigenvalue weighted by Gasteiger charge is -2.11. The molecule has 0 bridgehead atoms. The van der Waals surface area contributed by atoms with Crippen LogP contribution in [0, 0.1) is 0 Å². The van der Waals surface area contributed by atoms with E-state index in [1.54, 1.807) is 12.1 Å². The van der Waals surface area contributed by atoms with E-state index in [1.807, 2.05) is 0 Å². The van der Waals surface area contributed by atoms with Crippen molar-refractivity contribution < 1.29 is 35.7 Å². The van der Waals surface area contributed by atoms with Gasteiger partial charge in [-0.2, -0.15) is 36.4 Å². The highest BCUT2D eigenvalue weighted by molar-refractivity contribution is 5.93. The van der Waals surface area contributed by atoms with Crippen LogP contribution in [0.1, 0.15) is 46.3 Å². The predicted octanol–water partition coefficient (Wildman–Crippen LogP) is 4.30. The summed E-state index contributed by atoms with van der Waals surface area (Å²) in [5.41, 5.74) is -2.27. The molecule has 4 heterocycles. The van der Waals surface area contributed by atoms with E-state index in [-0.39, 0.29) is 29.5 Å². The molecule has 0 fully saturated rings. The zero-order valence-electron chi connectivity index (χ0n) is 18.2. The number of aromatic nitrogens is 6. The molecule has 0 aliphatic heterocycles. The summed E-state index contributed by atoms with van der Waals surface area (Å²) in [6, 6.07) is 4.70. The summed E-state index contributed by atoms with van der Waals surface area (Å²) in [7, 11) is 0. The first-order valence-corrected chi connectivity index (χ1v) is 10.1. The van der Waals surface area contributed by atoms with Gasteiger partial charge in [-0.15, -0.1) is 0 Å². The Morgan fingerprint density at radius 3 is 2.39 bits per heavy atom. The van der Waals surface area contributed by atoms with Crippen LogP contribution in [0.2, 0.25) is 0 Å². The number of alkyl halides is 6. The summed E-state index contributed by atoms with van der Waals surface area (Å²) in [4.78, 5) is 23.9. The lowest BCUT2D eigenvalue weighted by Crippen LogP contribution is -2.29. The van der Waals surface area contributed by atoms with Crippen LogP contribution in [0.15, 0.2) is 53.4 Å². The molecule has 0 aromatic carbocycles. The molecule has 1 N–H and O–H groups in total. The monoisotopic (exact) mass is 511 g/mol. The summed E-state index contributed by atoms with van der Waals surface area (Å²) in [5, 5.41) is 9.56. The van der Waals surface area contributed by atoms with Crippen LogP contribution in [-0.2, 0) is 18.9 Å². The second-order valence-corrected chi connectivity index (χ2v) is 7.50. The summed E-state index contributed by atoms with van der Waals surface area (Å²) in [6.45, 7) is 1.28. The van der Waals surface area contributed by atoms with Crippen LogP contribution < -0.4 is 5.32 Å². The third-order valence-corrected chi connectivity index (χ3v) is 4.85. The Balaban J connectivity index is 1.55. The van der Waals surface area contributed by atoms with Gasteiger partial charge in [-0.05, 0) is 36.8 Å². The van der Waals surface area contributed by atoms with Crippen molar-refractivity contribution in [3.8, 4) is 11.4 Å². The smallest absolute Gasteiger partial charge is 0.339 e. The van der Waals surface area contributed by atoms with Gasteiger partial charge in [-0.25, -0.2) is 0 Å². The van der Waals surface area contributed by atoms with E-state index in [4.69, 9.17) is 4.52 Å². The van der Waals surface area contributed by atoms with E-state index in [1.165, 1.54) is 25.4 Å². The van der Waals surface area contributed by atoms with Crippen LogP contribution in [-0.4, -0.2) is 35.8 Å². The van der Waals surface area contributed by atoms with E-state index in [9.17, 15) is 31.1 Å². The molecular weight excluding hydrogens is 496 g/mol. The fourth-order valence-corrected chi connectivity index (χ4v) is 3.11. The molecule has 4 aromatic rings. The molecule has 188 valence electrons. The molecule has 0 saturated carbocycles. The van der Waals surface area contributed by atoms with E-state index >= 15 is 0 Å². The van der Waals surface area contributed by atoms with Crippen molar-refractivity contribution in [2.45, 2.75) is 31.9 Å². The molecule has 4 rings (SSSR count). The second-order valence-electron chi connectivity index (χ2n) is 7.50. The lowest BCUT2D eigenvalue weighted by atomic mass is 10.2. The molecule has 9 nitrogen and oxygen atoms in total. The van der Waals surface area contributed by atoms with Crippen molar-refractivity contribution in [2.24, 2.45) is 0 Å². The molecule has 1 amide bonds. The maximum absolute atomic E-state index is 13.3. The number of carbonyl (C=O) groups excluding carboxylic acids is 1. The fourth-order valence-electron chi connectivity index (χ4n) is 3.11. The Kier molecular flexibility index (Phi) is 6.47. The number of hydrogen-bond acceptors (Lipinski definition) is 7. The number of nitrogens with zero attached hydrogens (tertiary/aromatic N) is 6. The van der Waals surface area contributed by atoms with Gasteiger partial charge in [-0.1, -0.05) is 5.16 Å². The topological polar surface area (TPSA) is 112 Å². The van der Waals surface area contributed by atoms with Gasteiger partial charge in [0.25, 0.3) is 5.91 Å². The minimum absolute atomic E-state index is 0.0314. The number of carbonyl (C=O) groups is 1. The van der Waals surface area contributed by atoms with Gasteiger partial charge in [0, 0.05) is 30.2 Å². The van der Waals surface area contributed by atoms with Crippen LogP contribution in [0.25, 0.3) is 11.4 Å². The molecule has 4 aromatic heterocycles. The van der Waals surface area contributed by atoms with E-state index in [0.29, 0.717) is 11.6 Å². The molecule has 36 heavy (non-hydrogen) atoms. The van der Waals surface area contributed by atoms with E-state index < -0.39 is 35.7 Å². The van der Waals surface area contributed by atoms with Crippen molar-refractivity contribution in [3.63, 3.8) is 0 Å². The Hall–Kier alpha value is -4.30. The molecule has 15 heteroatoms. The fraction of sp³-hybridized carbons (Fsp3) is 0.238. The Morgan fingerprint density at radius 1 is 1.03 bits per heavy atom. The molecule has 0 unspecified atom stereocenters. The van der Waals surface area contributed by atoms with Crippen LogP contribution >= 0.6 is 0 Å². The first-order valence-electron chi connectivity index (χ1n) is 10.1. The van der Waals surface area contributed by atoms with Crippen molar-refractivity contribution in [3.05, 3.63) is 77.5 Å². The number of hydrogen-bond donors (Lipinski definition) is 1. The number of halogens is 6. The van der Waals surface area contributed by atoms with Crippen LogP contribution in [0.3, 0.4) is 0 Å². The van der Waals surface area contributed by atoms with Crippen molar-refractivity contribution in [1.82, 2.24) is 35.2 Å². The SMILES string of the molecule is C[C@H](NC(=O)c1cc(C(F)(F)F)nn1Cc1ccncc1)c1nc(-c2ccnc(C(F)(F)F)c2)no1. The first kappa shape index (κ1) is 24.8. The van der Waals surface area contributed by atoms with Gasteiger partial charge in [0.1, 0.15) is 17.4 Å². The number of nitrogens with one attached hydrogen (secondary N) is 1. The normalized spacial score (nSPS) is 13.0. The van der Waals surface area contributed by atoms with Crippen molar-refractivity contribution >= 4 is 5.91 Å². The van der Waals surface area contributed by atoms with Gasteiger partial charge < -0.3 is 9.84 Å². The Bertz CT molecular complexity index is 1370. The average Bonchev–Trinajstić information content (AvgIpc) is 3.47. The van der Waals surface area contributed by atoms with Gasteiger partial charge in [0.05, 0.1) is 6.54 Å². The lowest BCUT2D eigenvalue weighted by molar-refractivity contribution is -0.142. The first-order chi connectivity index (χ1) is 16.9. The highest BCUT2D eigenvalue weighted by atomic mass is 19.4. The largest absolute Gasteiger partial charge is 0.435 e.